The van der Waals surface area contributed by atoms with E-state index in [0.29, 0.717) is 24.9 Å². The van der Waals surface area contributed by atoms with Gasteiger partial charge in [-0.2, -0.15) is 0 Å². The van der Waals surface area contributed by atoms with Gasteiger partial charge < -0.3 is 15.4 Å². The Bertz CT molecular complexity index is 1080. The average Bonchev–Trinajstić information content (AvgIpc) is 3.15. The number of hydrogen-bond donors (Lipinski definition) is 1. The summed E-state index contributed by atoms with van der Waals surface area (Å²) in [5, 5.41) is 0.789. The fraction of sp³-hybridized carbons (Fsp3) is 0.520. The molecule has 2 aliphatic rings. The maximum absolute atomic E-state index is 12.0. The zero-order valence-corrected chi connectivity index (χ0v) is 21.3. The summed E-state index contributed by atoms with van der Waals surface area (Å²) in [6.45, 7) is 7.01. The van der Waals surface area contributed by atoms with Gasteiger partial charge in [-0.05, 0) is 63.4 Å². The Morgan fingerprint density at radius 1 is 1.35 bits per heavy atom. The quantitative estimate of drug-likeness (QED) is 0.522. The van der Waals surface area contributed by atoms with Crippen LogP contribution in [0.25, 0.3) is 11.3 Å². The van der Waals surface area contributed by atoms with Gasteiger partial charge >= 0.3 is 0 Å². The number of likely N-dealkylation sites (N-methyl/N-ethyl adjacent to an activating group) is 1. The molecule has 2 N–H and O–H groups in total. The summed E-state index contributed by atoms with van der Waals surface area (Å²) in [5.41, 5.74) is 8.84. The predicted molar refractivity (Wildman–Crippen MR) is 138 cm³/mol. The van der Waals surface area contributed by atoms with Gasteiger partial charge in [0.25, 0.3) is 0 Å². The van der Waals surface area contributed by atoms with Gasteiger partial charge in [-0.25, -0.2) is 9.98 Å². The third-order valence-corrected chi connectivity index (χ3v) is 7.34. The molecule has 2 aromatic rings. The number of carbonyl (C=O) groups excluding carboxylic acids is 1. The number of nitrogens with two attached hydrogens (primary N) is 1. The molecule has 1 saturated heterocycles. The van der Waals surface area contributed by atoms with E-state index in [4.69, 9.17) is 15.5 Å². The summed E-state index contributed by atoms with van der Waals surface area (Å²) < 4.78 is 6.16. The van der Waals surface area contributed by atoms with Crippen LogP contribution in [-0.4, -0.2) is 79.2 Å². The Balaban J connectivity index is 1.54. The first-order valence-electron chi connectivity index (χ1n) is 11.9. The zero-order chi connectivity index (χ0) is 24.2. The molecule has 9 heteroatoms. The lowest BCUT2D eigenvalue weighted by Gasteiger charge is -2.32. The van der Waals surface area contributed by atoms with Crippen molar-refractivity contribution in [2.24, 2.45) is 15.7 Å². The first-order valence-corrected chi connectivity index (χ1v) is 12.7. The lowest BCUT2D eigenvalue weighted by Crippen LogP contribution is -2.40. The van der Waals surface area contributed by atoms with Crippen LogP contribution in [0, 0.1) is 0 Å². The Kier molecular flexibility index (Phi) is 7.63. The number of likely N-dealkylation sites (tertiary alicyclic amines) is 1. The lowest BCUT2D eigenvalue weighted by atomic mass is 9.88. The van der Waals surface area contributed by atoms with Crippen molar-refractivity contribution >= 4 is 29.4 Å². The Labute approximate surface area is 205 Å². The van der Waals surface area contributed by atoms with E-state index in [1.165, 1.54) is 16.8 Å². The van der Waals surface area contributed by atoms with Crippen LogP contribution in [0.4, 0.5) is 0 Å². The van der Waals surface area contributed by atoms with E-state index in [2.05, 4.69) is 33.1 Å². The van der Waals surface area contributed by atoms with Crippen LogP contribution in [-0.2, 0) is 11.2 Å². The van der Waals surface area contributed by atoms with Gasteiger partial charge in [0.1, 0.15) is 5.75 Å². The van der Waals surface area contributed by atoms with Gasteiger partial charge in [-0.3, -0.25) is 14.7 Å². The number of aromatic nitrogens is 1. The number of thiazole rings is 1. The number of rotatable bonds is 5. The van der Waals surface area contributed by atoms with E-state index in [1.54, 1.807) is 16.2 Å². The molecule has 2 aliphatic heterocycles. The second-order valence-electron chi connectivity index (χ2n) is 9.31. The van der Waals surface area contributed by atoms with Gasteiger partial charge in [0, 0.05) is 37.0 Å². The largest absolute Gasteiger partial charge is 0.492 e. The second-order valence-corrected chi connectivity index (χ2v) is 10.4. The maximum atomic E-state index is 12.0. The van der Waals surface area contributed by atoms with Crippen molar-refractivity contribution in [1.29, 1.82) is 0 Å². The van der Waals surface area contributed by atoms with E-state index < -0.39 is 0 Å². The number of amides is 1. The molecular weight excluding hydrogens is 448 g/mol. The molecule has 1 amide bonds. The molecule has 34 heavy (non-hydrogen) atoms. The molecule has 0 unspecified atom stereocenters. The Morgan fingerprint density at radius 3 is 2.79 bits per heavy atom. The SMILES string of the molecule is CC(C)N=C(N=CN)c1nc2c(s1)CCOc1cc(C3CCN(CC(=O)N(C)C)CC3)ccc1-2. The van der Waals surface area contributed by atoms with Crippen molar-refractivity contribution in [3.63, 3.8) is 0 Å². The van der Waals surface area contributed by atoms with E-state index in [0.717, 1.165) is 54.4 Å². The highest BCUT2D eigenvalue weighted by molar-refractivity contribution is 7.14. The first-order chi connectivity index (χ1) is 16.4. The van der Waals surface area contributed by atoms with Crippen molar-refractivity contribution in [2.75, 3.05) is 40.3 Å². The van der Waals surface area contributed by atoms with E-state index in [1.807, 2.05) is 27.9 Å². The van der Waals surface area contributed by atoms with Crippen molar-refractivity contribution < 1.29 is 9.53 Å². The number of carbonyl (C=O) groups is 1. The molecule has 0 bridgehead atoms. The highest BCUT2D eigenvalue weighted by Crippen LogP contribution is 2.40. The smallest absolute Gasteiger partial charge is 0.236 e. The molecule has 8 nitrogen and oxygen atoms in total. The van der Waals surface area contributed by atoms with Gasteiger partial charge in [0.15, 0.2) is 10.8 Å². The van der Waals surface area contributed by atoms with Gasteiger partial charge in [-0.15, -0.1) is 11.3 Å². The van der Waals surface area contributed by atoms with Crippen molar-refractivity contribution in [2.45, 2.75) is 45.1 Å². The maximum Gasteiger partial charge on any atom is 0.236 e. The summed E-state index contributed by atoms with van der Waals surface area (Å²) >= 11 is 1.61. The summed E-state index contributed by atoms with van der Waals surface area (Å²) in [6.07, 6.45) is 4.16. The molecule has 0 atom stereocenters. The number of aliphatic imine (C=N–C) groups is 2. The number of ether oxygens (including phenoxy) is 1. The summed E-state index contributed by atoms with van der Waals surface area (Å²) in [6, 6.07) is 6.65. The van der Waals surface area contributed by atoms with Crippen molar-refractivity contribution in [3.8, 4) is 17.0 Å². The monoisotopic (exact) mass is 482 g/mol. The number of nitrogens with zero attached hydrogens (tertiary/aromatic N) is 5. The minimum Gasteiger partial charge on any atom is -0.492 e. The van der Waals surface area contributed by atoms with Crippen LogP contribution in [0.15, 0.2) is 28.2 Å². The highest BCUT2D eigenvalue weighted by atomic mass is 32.1. The van der Waals surface area contributed by atoms with E-state index in [-0.39, 0.29) is 11.9 Å². The fourth-order valence-corrected chi connectivity index (χ4v) is 5.41. The molecule has 3 heterocycles. The number of benzene rings is 1. The molecule has 0 radical (unpaired) electrons. The van der Waals surface area contributed by atoms with Crippen LogP contribution in [0.1, 0.15) is 48.1 Å². The molecule has 0 spiro atoms. The molecule has 1 aromatic heterocycles. The summed E-state index contributed by atoms with van der Waals surface area (Å²) in [5.74, 6) is 2.10. The van der Waals surface area contributed by atoms with Crippen LogP contribution < -0.4 is 10.5 Å². The fourth-order valence-electron chi connectivity index (χ4n) is 4.40. The topological polar surface area (TPSA) is 96.4 Å². The standard InChI is InChI=1S/C25H34N6O2S/c1-16(2)28-24(27-15-26)25-29-23-19-6-5-18(13-20(19)33-12-9-21(23)34-25)17-7-10-31(11-8-17)14-22(32)30(3)4/h5-6,13,15-17H,7-12,14H2,1-4H3,(H2,26,27,28). The average molecular weight is 483 g/mol. The normalized spacial score (nSPS) is 17.4. The number of hydrogen-bond acceptors (Lipinski definition) is 6. The van der Waals surface area contributed by atoms with E-state index in [9.17, 15) is 4.79 Å². The molecule has 182 valence electrons. The third kappa shape index (κ3) is 5.47. The zero-order valence-electron chi connectivity index (χ0n) is 20.5. The molecule has 1 aromatic carbocycles. The van der Waals surface area contributed by atoms with Gasteiger partial charge in [0.2, 0.25) is 5.91 Å². The van der Waals surface area contributed by atoms with Crippen LogP contribution in [0.5, 0.6) is 5.75 Å². The number of fused-ring (bicyclic) bond motifs is 3. The number of piperidine rings is 1. The van der Waals surface area contributed by atoms with Crippen molar-refractivity contribution in [3.05, 3.63) is 33.6 Å². The Morgan fingerprint density at radius 2 is 2.12 bits per heavy atom. The number of amidine groups is 1. The lowest BCUT2D eigenvalue weighted by molar-refractivity contribution is -0.130. The minimum atomic E-state index is 0.105. The summed E-state index contributed by atoms with van der Waals surface area (Å²) in [7, 11) is 3.62. The van der Waals surface area contributed by atoms with Crippen LogP contribution in [0.2, 0.25) is 0 Å². The van der Waals surface area contributed by atoms with Crippen LogP contribution >= 0.6 is 11.3 Å². The Hall–Kier alpha value is -2.78. The third-order valence-electron chi connectivity index (χ3n) is 6.23. The van der Waals surface area contributed by atoms with Gasteiger partial charge in [0.05, 0.1) is 25.2 Å². The molecule has 4 rings (SSSR count). The second kappa shape index (κ2) is 10.7. The molecule has 1 fully saturated rings. The first kappa shape index (κ1) is 24.3. The minimum absolute atomic E-state index is 0.105. The predicted octanol–water partition coefficient (Wildman–Crippen LogP) is 3.15. The van der Waals surface area contributed by atoms with Crippen molar-refractivity contribution in [1.82, 2.24) is 14.8 Å². The molecular formula is C25H34N6O2S. The van der Waals surface area contributed by atoms with Crippen LogP contribution in [0.3, 0.4) is 0 Å². The van der Waals surface area contributed by atoms with Gasteiger partial charge in [-0.1, -0.05) is 6.07 Å². The highest BCUT2D eigenvalue weighted by Gasteiger charge is 2.26. The van der Waals surface area contributed by atoms with E-state index >= 15 is 0 Å². The molecule has 0 saturated carbocycles. The summed E-state index contributed by atoms with van der Waals surface area (Å²) in [4.78, 5) is 30.9. The molecule has 0 aliphatic carbocycles.